The Kier molecular flexibility index (Phi) is 4.50. The van der Waals surface area contributed by atoms with Crippen LogP contribution in [-0.2, 0) is 4.74 Å². The van der Waals surface area contributed by atoms with E-state index >= 15 is 0 Å². The molecule has 5 heteroatoms. The maximum Gasteiger partial charge on any atom is 0.195 e. The Bertz CT molecular complexity index is 464. The third-order valence-electron chi connectivity index (χ3n) is 3.33. The summed E-state index contributed by atoms with van der Waals surface area (Å²) in [5.74, 6) is -0.478. The van der Waals surface area contributed by atoms with Crippen LogP contribution in [0.15, 0.2) is 18.2 Å². The maximum absolute atomic E-state index is 13.9. The summed E-state index contributed by atoms with van der Waals surface area (Å²) in [6.45, 7) is 4.72. The van der Waals surface area contributed by atoms with Crippen molar-refractivity contribution in [3.63, 3.8) is 0 Å². The summed E-state index contributed by atoms with van der Waals surface area (Å²) in [4.78, 5) is 14.4. The van der Waals surface area contributed by atoms with E-state index in [0.717, 1.165) is 13.1 Å². The third-order valence-corrected chi connectivity index (χ3v) is 3.33. The third kappa shape index (κ3) is 3.11. The van der Waals surface area contributed by atoms with Crippen molar-refractivity contribution in [1.29, 1.82) is 0 Å². The second-order valence-electron chi connectivity index (χ2n) is 4.46. The first-order valence-electron chi connectivity index (χ1n) is 6.37. The number of ketones is 1. The SMILES string of the molecule is CCN1CCOC(C(=O)c2ccc(OC)cc2F)C1. The van der Waals surface area contributed by atoms with E-state index in [0.29, 0.717) is 18.9 Å². The number of morpholine rings is 1. The van der Waals surface area contributed by atoms with Gasteiger partial charge in [-0.2, -0.15) is 0 Å². The van der Waals surface area contributed by atoms with Crippen molar-refractivity contribution >= 4 is 5.78 Å². The van der Waals surface area contributed by atoms with Crippen molar-refractivity contribution in [2.45, 2.75) is 13.0 Å². The highest BCUT2D eigenvalue weighted by atomic mass is 19.1. The Balaban J connectivity index is 2.15. The Morgan fingerprint density at radius 3 is 3.00 bits per heavy atom. The lowest BCUT2D eigenvalue weighted by Gasteiger charge is -2.31. The molecule has 4 nitrogen and oxygen atoms in total. The predicted octanol–water partition coefficient (Wildman–Crippen LogP) is 1.74. The topological polar surface area (TPSA) is 38.8 Å². The number of benzene rings is 1. The van der Waals surface area contributed by atoms with Crippen LogP contribution >= 0.6 is 0 Å². The minimum Gasteiger partial charge on any atom is -0.497 e. The van der Waals surface area contributed by atoms with Crippen LogP contribution in [0.2, 0.25) is 0 Å². The summed E-state index contributed by atoms with van der Waals surface area (Å²) in [6, 6.07) is 4.25. The van der Waals surface area contributed by atoms with E-state index in [1.807, 2.05) is 6.92 Å². The molecule has 0 bridgehead atoms. The first kappa shape index (κ1) is 14.0. The summed E-state index contributed by atoms with van der Waals surface area (Å²) in [6.07, 6.45) is -0.586. The molecule has 1 aliphatic rings. The number of carbonyl (C=O) groups excluding carboxylic acids is 1. The Morgan fingerprint density at radius 1 is 1.58 bits per heavy atom. The van der Waals surface area contributed by atoms with Crippen LogP contribution in [0.1, 0.15) is 17.3 Å². The largest absolute Gasteiger partial charge is 0.497 e. The van der Waals surface area contributed by atoms with E-state index in [1.165, 1.54) is 19.2 Å². The number of hydrogen-bond acceptors (Lipinski definition) is 4. The molecule has 2 rings (SSSR count). The Morgan fingerprint density at radius 2 is 2.37 bits per heavy atom. The smallest absolute Gasteiger partial charge is 0.195 e. The van der Waals surface area contributed by atoms with Gasteiger partial charge < -0.3 is 9.47 Å². The standard InChI is InChI=1S/C14H18FNO3/c1-3-16-6-7-19-13(9-16)14(17)11-5-4-10(18-2)8-12(11)15/h4-5,8,13H,3,6-7,9H2,1-2H3. The van der Waals surface area contributed by atoms with Crippen LogP contribution in [0.5, 0.6) is 5.75 Å². The molecule has 1 saturated heterocycles. The van der Waals surface area contributed by atoms with Gasteiger partial charge in [0.2, 0.25) is 0 Å². The van der Waals surface area contributed by atoms with Gasteiger partial charge in [-0.25, -0.2) is 4.39 Å². The fourth-order valence-electron chi connectivity index (χ4n) is 2.14. The highest BCUT2D eigenvalue weighted by Crippen LogP contribution is 2.19. The van der Waals surface area contributed by atoms with Gasteiger partial charge in [0, 0.05) is 19.2 Å². The summed E-state index contributed by atoms with van der Waals surface area (Å²) < 4.78 is 24.2. The van der Waals surface area contributed by atoms with Gasteiger partial charge in [0.25, 0.3) is 0 Å². The molecule has 0 radical (unpaired) electrons. The molecule has 0 aromatic heterocycles. The van der Waals surface area contributed by atoms with Gasteiger partial charge >= 0.3 is 0 Å². The van der Waals surface area contributed by atoms with E-state index < -0.39 is 11.9 Å². The van der Waals surface area contributed by atoms with E-state index in [4.69, 9.17) is 9.47 Å². The van der Waals surface area contributed by atoms with Crippen LogP contribution < -0.4 is 4.74 Å². The average molecular weight is 267 g/mol. The Labute approximate surface area is 112 Å². The van der Waals surface area contributed by atoms with E-state index in [2.05, 4.69) is 4.90 Å². The van der Waals surface area contributed by atoms with Crippen LogP contribution in [0.25, 0.3) is 0 Å². The van der Waals surface area contributed by atoms with Crippen LogP contribution in [0.4, 0.5) is 4.39 Å². The number of Topliss-reactive ketones (excluding diaryl/α,β-unsaturated/α-hetero) is 1. The molecule has 0 aliphatic carbocycles. The predicted molar refractivity (Wildman–Crippen MR) is 69.1 cm³/mol. The zero-order valence-electron chi connectivity index (χ0n) is 11.2. The number of methoxy groups -OCH3 is 1. The molecule has 104 valence electrons. The number of carbonyl (C=O) groups is 1. The molecule has 1 heterocycles. The van der Waals surface area contributed by atoms with E-state index in [1.54, 1.807) is 6.07 Å². The van der Waals surface area contributed by atoms with Crippen LogP contribution in [0, 0.1) is 5.82 Å². The fourth-order valence-corrected chi connectivity index (χ4v) is 2.14. The molecule has 1 aliphatic heterocycles. The molecule has 1 aromatic rings. The Hall–Kier alpha value is -1.46. The lowest BCUT2D eigenvalue weighted by atomic mass is 10.0. The average Bonchev–Trinajstić information content (AvgIpc) is 2.46. The lowest BCUT2D eigenvalue weighted by Crippen LogP contribution is -2.46. The van der Waals surface area contributed by atoms with Crippen molar-refractivity contribution < 1.29 is 18.7 Å². The van der Waals surface area contributed by atoms with Crippen LogP contribution in [0.3, 0.4) is 0 Å². The number of ether oxygens (including phenoxy) is 2. The molecule has 0 spiro atoms. The number of rotatable bonds is 4. The van der Waals surface area contributed by atoms with Gasteiger partial charge in [0.15, 0.2) is 5.78 Å². The van der Waals surface area contributed by atoms with Crippen molar-refractivity contribution in [1.82, 2.24) is 4.90 Å². The molecule has 1 aromatic carbocycles. The highest BCUT2D eigenvalue weighted by Gasteiger charge is 2.28. The summed E-state index contributed by atoms with van der Waals surface area (Å²) in [5.41, 5.74) is 0.0590. The van der Waals surface area contributed by atoms with Crippen molar-refractivity contribution in [2.24, 2.45) is 0 Å². The van der Waals surface area contributed by atoms with Crippen molar-refractivity contribution in [3.05, 3.63) is 29.6 Å². The van der Waals surface area contributed by atoms with Crippen LogP contribution in [-0.4, -0.2) is 50.1 Å². The van der Waals surface area contributed by atoms with Gasteiger partial charge in [-0.15, -0.1) is 0 Å². The maximum atomic E-state index is 13.9. The van der Waals surface area contributed by atoms with Gasteiger partial charge in [-0.3, -0.25) is 9.69 Å². The zero-order valence-corrected chi connectivity index (χ0v) is 11.2. The second-order valence-corrected chi connectivity index (χ2v) is 4.46. The monoisotopic (exact) mass is 267 g/mol. The summed E-state index contributed by atoms with van der Waals surface area (Å²) in [5, 5.41) is 0. The summed E-state index contributed by atoms with van der Waals surface area (Å²) >= 11 is 0. The fraction of sp³-hybridized carbons (Fsp3) is 0.500. The van der Waals surface area contributed by atoms with Gasteiger partial charge in [0.1, 0.15) is 17.7 Å². The number of likely N-dealkylation sites (N-methyl/N-ethyl adjacent to an activating group) is 1. The molecule has 1 fully saturated rings. The molecule has 0 amide bonds. The zero-order chi connectivity index (χ0) is 13.8. The first-order chi connectivity index (χ1) is 9.15. The van der Waals surface area contributed by atoms with Gasteiger partial charge in [-0.05, 0) is 18.7 Å². The molecule has 19 heavy (non-hydrogen) atoms. The highest BCUT2D eigenvalue weighted by molar-refractivity contribution is 6.00. The number of nitrogens with zero attached hydrogens (tertiary/aromatic N) is 1. The second kappa shape index (κ2) is 6.12. The molecule has 1 unspecified atom stereocenters. The van der Waals surface area contributed by atoms with Gasteiger partial charge in [0.05, 0.1) is 19.3 Å². The molecule has 0 N–H and O–H groups in total. The number of hydrogen-bond donors (Lipinski definition) is 0. The first-order valence-corrected chi connectivity index (χ1v) is 6.37. The summed E-state index contributed by atoms with van der Waals surface area (Å²) in [7, 11) is 1.46. The minimum absolute atomic E-state index is 0.0590. The molecular weight excluding hydrogens is 249 g/mol. The quantitative estimate of drug-likeness (QED) is 0.779. The van der Waals surface area contributed by atoms with E-state index in [-0.39, 0.29) is 11.3 Å². The molecule has 1 atom stereocenters. The lowest BCUT2D eigenvalue weighted by molar-refractivity contribution is -0.0150. The van der Waals surface area contributed by atoms with E-state index in [9.17, 15) is 9.18 Å². The molecular formula is C14H18FNO3. The van der Waals surface area contributed by atoms with Crippen molar-refractivity contribution in [2.75, 3.05) is 33.4 Å². The van der Waals surface area contributed by atoms with Gasteiger partial charge in [-0.1, -0.05) is 6.92 Å². The normalized spacial score (nSPS) is 20.3. The minimum atomic E-state index is -0.586. The molecule has 0 saturated carbocycles. The number of halogens is 1. The van der Waals surface area contributed by atoms with Crippen molar-refractivity contribution in [3.8, 4) is 5.75 Å².